The summed E-state index contributed by atoms with van der Waals surface area (Å²) in [6, 6.07) is 18.6. The normalized spacial score (nSPS) is 20.6. The average Bonchev–Trinajstić information content (AvgIpc) is 3.56. The van der Waals surface area contributed by atoms with Crippen LogP contribution in [-0.2, 0) is 19.8 Å². The smallest absolute Gasteiger partial charge is 0.262 e. The molecule has 5 aliphatic heterocycles. The van der Waals surface area contributed by atoms with Gasteiger partial charge in [0, 0.05) is 63.8 Å². The second-order valence-corrected chi connectivity index (χ2v) is 16.4. The molecule has 0 spiro atoms. The molecule has 5 aliphatic rings. The number of benzene rings is 3. The summed E-state index contributed by atoms with van der Waals surface area (Å²) in [4.78, 5) is 77.4. The van der Waals surface area contributed by atoms with Gasteiger partial charge >= 0.3 is 0 Å². The number of nitrogens with zero attached hydrogens (tertiary/aromatic N) is 7. The van der Waals surface area contributed by atoms with E-state index in [1.54, 1.807) is 29.2 Å². The molecule has 3 fully saturated rings. The zero-order valence-corrected chi connectivity index (χ0v) is 32.6. The number of anilines is 4. The Labute approximate surface area is 338 Å². The third-order valence-corrected chi connectivity index (χ3v) is 12.4. The molecule has 58 heavy (non-hydrogen) atoms. The third kappa shape index (κ3) is 6.16. The summed E-state index contributed by atoms with van der Waals surface area (Å²) in [6.45, 7) is 9.14. The van der Waals surface area contributed by atoms with E-state index < -0.39 is 35.1 Å². The summed E-state index contributed by atoms with van der Waals surface area (Å²) >= 11 is 6.25. The molecule has 6 heterocycles. The number of carbonyl (C=O) groups is 5. The Bertz CT molecular complexity index is 2510. The Morgan fingerprint density at radius 2 is 1.57 bits per heavy atom. The number of piperazine rings is 1. The van der Waals surface area contributed by atoms with E-state index in [0.29, 0.717) is 28.5 Å². The van der Waals surface area contributed by atoms with Gasteiger partial charge in [-0.3, -0.25) is 44.0 Å². The maximum atomic E-state index is 15.7. The Morgan fingerprint density at radius 3 is 2.26 bits per heavy atom. The van der Waals surface area contributed by atoms with Gasteiger partial charge in [-0.05, 0) is 85.5 Å². The Kier molecular flexibility index (Phi) is 9.05. The van der Waals surface area contributed by atoms with Crippen molar-refractivity contribution in [1.29, 1.82) is 5.26 Å². The molecule has 0 saturated carbocycles. The molecule has 294 valence electrons. The van der Waals surface area contributed by atoms with Crippen LogP contribution in [0.1, 0.15) is 58.7 Å². The summed E-state index contributed by atoms with van der Waals surface area (Å²) in [6.07, 6.45) is 1.65. The van der Waals surface area contributed by atoms with E-state index in [4.69, 9.17) is 11.6 Å². The van der Waals surface area contributed by atoms with E-state index in [1.807, 2.05) is 56.3 Å². The number of fused-ring (bicyclic) bond motifs is 2. The third-order valence-electron chi connectivity index (χ3n) is 12.1. The number of hydrogen-bond donors (Lipinski definition) is 1. The van der Waals surface area contributed by atoms with Gasteiger partial charge in [-0.25, -0.2) is 9.37 Å². The second-order valence-electron chi connectivity index (χ2n) is 16.0. The van der Waals surface area contributed by atoms with E-state index in [-0.39, 0.29) is 46.4 Å². The molecule has 1 atom stereocenters. The molecule has 0 aliphatic carbocycles. The van der Waals surface area contributed by atoms with Crippen LogP contribution in [0.4, 0.5) is 27.1 Å². The molecule has 3 saturated heterocycles. The second kappa shape index (κ2) is 14.0. The highest BCUT2D eigenvalue weighted by Crippen LogP contribution is 2.47. The first-order chi connectivity index (χ1) is 27.8. The summed E-state index contributed by atoms with van der Waals surface area (Å²) < 4.78 is 15.7. The van der Waals surface area contributed by atoms with E-state index in [0.717, 1.165) is 67.5 Å². The lowest BCUT2D eigenvalue weighted by atomic mass is 9.84. The molecular weight excluding hydrogens is 763 g/mol. The molecule has 3 aromatic carbocycles. The Hall–Kier alpha value is -6.17. The number of halogens is 2. The first-order valence-electron chi connectivity index (χ1n) is 19.2. The maximum Gasteiger partial charge on any atom is 0.262 e. The van der Waals surface area contributed by atoms with Crippen LogP contribution in [0.3, 0.4) is 0 Å². The van der Waals surface area contributed by atoms with Crippen LogP contribution in [0.15, 0.2) is 66.9 Å². The molecule has 4 aromatic rings. The predicted molar refractivity (Wildman–Crippen MR) is 213 cm³/mol. The lowest BCUT2D eigenvalue weighted by molar-refractivity contribution is -0.136. The highest BCUT2D eigenvalue weighted by atomic mass is 35.5. The molecule has 9 rings (SSSR count). The monoisotopic (exact) mass is 800 g/mol. The van der Waals surface area contributed by atoms with Gasteiger partial charge in [0.15, 0.2) is 5.69 Å². The number of imide groups is 2. The first-order valence-corrected chi connectivity index (χ1v) is 19.6. The molecule has 1 N–H and O–H groups in total. The lowest BCUT2D eigenvalue weighted by Crippen LogP contribution is -2.55. The van der Waals surface area contributed by atoms with E-state index in [9.17, 15) is 29.2 Å². The molecular formula is C43H38ClFN8O5. The summed E-state index contributed by atoms with van der Waals surface area (Å²) in [5.41, 5.74) is 4.59. The van der Waals surface area contributed by atoms with Crippen molar-refractivity contribution in [2.75, 3.05) is 60.5 Å². The zero-order chi connectivity index (χ0) is 40.6. The van der Waals surface area contributed by atoms with Gasteiger partial charge in [-0.2, -0.15) is 5.26 Å². The van der Waals surface area contributed by atoms with Crippen LogP contribution in [-0.4, -0.2) is 96.2 Å². The number of hydrogen-bond acceptors (Lipinski definition) is 10. The number of piperidine rings is 1. The number of aromatic nitrogens is 1. The van der Waals surface area contributed by atoms with Crippen molar-refractivity contribution < 1.29 is 28.4 Å². The molecule has 1 unspecified atom stereocenters. The van der Waals surface area contributed by atoms with Gasteiger partial charge in [-0.15, -0.1) is 0 Å². The molecule has 13 nitrogen and oxygen atoms in total. The minimum Gasteiger partial charge on any atom is -0.369 e. The fourth-order valence-electron chi connectivity index (χ4n) is 8.84. The molecule has 5 amide bonds. The van der Waals surface area contributed by atoms with Crippen molar-refractivity contribution in [2.45, 2.75) is 38.1 Å². The zero-order valence-electron chi connectivity index (χ0n) is 31.8. The largest absolute Gasteiger partial charge is 0.369 e. The number of nitrogens with one attached hydrogen (secondary N) is 1. The van der Waals surface area contributed by atoms with Gasteiger partial charge < -0.3 is 9.80 Å². The fourth-order valence-corrected chi connectivity index (χ4v) is 9.04. The highest BCUT2D eigenvalue weighted by molar-refractivity contribution is 6.32. The number of rotatable bonds is 7. The first kappa shape index (κ1) is 37.4. The van der Waals surface area contributed by atoms with Crippen molar-refractivity contribution in [3.05, 3.63) is 100 Å². The van der Waals surface area contributed by atoms with E-state index in [2.05, 4.69) is 25.0 Å². The number of carbonyl (C=O) groups excluding carboxylic acids is 5. The van der Waals surface area contributed by atoms with Crippen LogP contribution in [0, 0.1) is 23.1 Å². The topological polar surface area (TPSA) is 150 Å². The van der Waals surface area contributed by atoms with Crippen LogP contribution < -0.4 is 20.0 Å². The van der Waals surface area contributed by atoms with Crippen molar-refractivity contribution in [3.63, 3.8) is 0 Å². The van der Waals surface area contributed by atoms with Crippen molar-refractivity contribution in [2.24, 2.45) is 5.92 Å². The molecule has 15 heteroatoms. The van der Waals surface area contributed by atoms with Crippen LogP contribution in [0.5, 0.6) is 0 Å². The van der Waals surface area contributed by atoms with Crippen LogP contribution in [0.2, 0.25) is 5.02 Å². The van der Waals surface area contributed by atoms with Gasteiger partial charge in [0.05, 0.1) is 44.8 Å². The minimum atomic E-state index is -0.998. The standard InChI is InChI=1S/C43H38ClFN8O5/c1-43(2)31-15-25(3-7-35(31)52(42(43)58)28-18-32(44)34(19-46)47-20-28)26-4-8-36(33(45)16-26)51-22-24(23-51)21-49-11-13-50(14-12-49)27-5-6-29-30(17-27)41(57)53(40(29)56)37-9-10-38(54)48-39(37)55/h3-8,15-18,20,24,37H,9-14,21-23H2,1-2H3,(H,48,54,55). The van der Waals surface area contributed by atoms with E-state index >= 15 is 4.39 Å². The summed E-state index contributed by atoms with van der Waals surface area (Å²) in [7, 11) is 0. The highest BCUT2D eigenvalue weighted by Gasteiger charge is 2.46. The quantitative estimate of drug-likeness (QED) is 0.252. The number of nitriles is 1. The van der Waals surface area contributed by atoms with Crippen molar-refractivity contribution in [3.8, 4) is 17.2 Å². The van der Waals surface area contributed by atoms with Crippen LogP contribution in [0.25, 0.3) is 11.1 Å². The van der Waals surface area contributed by atoms with Crippen molar-refractivity contribution in [1.82, 2.24) is 20.1 Å². The molecule has 0 radical (unpaired) electrons. The Morgan fingerprint density at radius 1 is 0.862 bits per heavy atom. The average molecular weight is 801 g/mol. The van der Waals surface area contributed by atoms with Crippen LogP contribution >= 0.6 is 11.6 Å². The summed E-state index contributed by atoms with van der Waals surface area (Å²) in [5.74, 6) is -2.15. The van der Waals surface area contributed by atoms with Gasteiger partial charge in [0.2, 0.25) is 17.7 Å². The Balaban J connectivity index is 0.802. The van der Waals surface area contributed by atoms with Gasteiger partial charge in [-0.1, -0.05) is 23.7 Å². The minimum absolute atomic E-state index is 0.0722. The SMILES string of the molecule is CC1(C)C(=O)N(c2cnc(C#N)c(Cl)c2)c2ccc(-c3ccc(N4CC(CN5CCN(c6ccc7c(c6)C(=O)N(C6CCC(=O)NC6=O)C7=O)CC5)C4)c(F)c3)cc21. The fraction of sp³-hybridized carbons (Fsp3) is 0.326. The molecule has 1 aromatic heterocycles. The molecule has 0 bridgehead atoms. The summed E-state index contributed by atoms with van der Waals surface area (Å²) in [5, 5.41) is 11.6. The van der Waals surface area contributed by atoms with Gasteiger partial charge in [0.25, 0.3) is 11.8 Å². The van der Waals surface area contributed by atoms with E-state index in [1.165, 1.54) is 6.20 Å². The predicted octanol–water partition coefficient (Wildman–Crippen LogP) is 5.03. The van der Waals surface area contributed by atoms with Gasteiger partial charge in [0.1, 0.15) is 17.9 Å². The lowest BCUT2D eigenvalue weighted by Gasteiger charge is -2.45. The van der Waals surface area contributed by atoms with Crippen molar-refractivity contribution >= 4 is 63.9 Å². The number of pyridine rings is 1. The number of amides is 5. The maximum absolute atomic E-state index is 15.7.